The highest BCUT2D eigenvalue weighted by atomic mass is 79.9. The van der Waals surface area contributed by atoms with Crippen LogP contribution in [-0.4, -0.2) is 18.1 Å². The maximum Gasteiger partial charge on any atom is 0.331 e. The van der Waals surface area contributed by atoms with Crippen molar-refractivity contribution in [1.29, 1.82) is 0 Å². The van der Waals surface area contributed by atoms with E-state index < -0.39 is 5.54 Å². The van der Waals surface area contributed by atoms with Gasteiger partial charge in [-0.25, -0.2) is 4.79 Å². The standard InChI is InChI=1S/C16H22BrNO2/c1-3-12-9-10-16(11-12,15(19)20-4-2)18-14-7-5-13(17)6-8-14/h5-8,12,18H,3-4,9-11H2,1-2H3. The maximum absolute atomic E-state index is 12.4. The van der Waals surface area contributed by atoms with Gasteiger partial charge in [0.2, 0.25) is 0 Å². The molecular formula is C16H22BrNO2. The fourth-order valence-corrected chi connectivity index (χ4v) is 3.19. The largest absolute Gasteiger partial charge is 0.464 e. The number of carbonyl (C=O) groups is 1. The second-order valence-electron chi connectivity index (χ2n) is 5.45. The van der Waals surface area contributed by atoms with Gasteiger partial charge < -0.3 is 10.1 Å². The van der Waals surface area contributed by atoms with Crippen molar-refractivity contribution in [2.24, 2.45) is 5.92 Å². The molecule has 2 rings (SSSR count). The van der Waals surface area contributed by atoms with Crippen LogP contribution in [0.5, 0.6) is 0 Å². The molecule has 0 heterocycles. The average Bonchev–Trinajstić information content (AvgIpc) is 2.86. The van der Waals surface area contributed by atoms with Gasteiger partial charge in [0, 0.05) is 10.2 Å². The van der Waals surface area contributed by atoms with Crippen LogP contribution in [0.2, 0.25) is 0 Å². The molecule has 1 aliphatic carbocycles. The Labute approximate surface area is 129 Å². The molecule has 0 spiro atoms. The van der Waals surface area contributed by atoms with E-state index in [1.165, 1.54) is 0 Å². The van der Waals surface area contributed by atoms with Crippen molar-refractivity contribution in [2.45, 2.75) is 45.1 Å². The molecule has 0 aliphatic heterocycles. The number of ether oxygens (including phenoxy) is 1. The molecule has 1 N–H and O–H groups in total. The van der Waals surface area contributed by atoms with E-state index in [-0.39, 0.29) is 5.97 Å². The van der Waals surface area contributed by atoms with Gasteiger partial charge in [-0.05, 0) is 56.4 Å². The van der Waals surface area contributed by atoms with Gasteiger partial charge in [0.05, 0.1) is 6.61 Å². The van der Waals surface area contributed by atoms with Crippen LogP contribution in [0.4, 0.5) is 5.69 Å². The topological polar surface area (TPSA) is 38.3 Å². The molecule has 1 aromatic rings. The summed E-state index contributed by atoms with van der Waals surface area (Å²) in [5.41, 5.74) is 0.419. The summed E-state index contributed by atoms with van der Waals surface area (Å²) in [5.74, 6) is 0.487. The van der Waals surface area contributed by atoms with Crippen LogP contribution in [-0.2, 0) is 9.53 Å². The molecule has 20 heavy (non-hydrogen) atoms. The molecule has 4 heteroatoms. The highest BCUT2D eigenvalue weighted by molar-refractivity contribution is 9.10. The SMILES string of the molecule is CCOC(=O)C1(Nc2ccc(Br)cc2)CCC(CC)C1. The lowest BCUT2D eigenvalue weighted by Crippen LogP contribution is -2.45. The van der Waals surface area contributed by atoms with Gasteiger partial charge in [-0.15, -0.1) is 0 Å². The van der Waals surface area contributed by atoms with E-state index in [2.05, 4.69) is 28.2 Å². The normalized spacial score (nSPS) is 25.4. The molecule has 2 unspecified atom stereocenters. The molecule has 110 valence electrons. The third-order valence-corrected chi connectivity index (χ3v) is 4.62. The van der Waals surface area contributed by atoms with Crippen molar-refractivity contribution in [1.82, 2.24) is 0 Å². The summed E-state index contributed by atoms with van der Waals surface area (Å²) in [6.45, 7) is 4.47. The van der Waals surface area contributed by atoms with Gasteiger partial charge in [-0.2, -0.15) is 0 Å². The molecule has 2 atom stereocenters. The molecule has 3 nitrogen and oxygen atoms in total. The number of halogens is 1. The van der Waals surface area contributed by atoms with Crippen LogP contribution in [0.3, 0.4) is 0 Å². The number of hydrogen-bond donors (Lipinski definition) is 1. The first-order valence-electron chi connectivity index (χ1n) is 7.30. The monoisotopic (exact) mass is 339 g/mol. The summed E-state index contributed by atoms with van der Waals surface area (Å²) in [6, 6.07) is 7.94. The zero-order chi connectivity index (χ0) is 14.6. The van der Waals surface area contributed by atoms with Crippen molar-refractivity contribution in [2.75, 3.05) is 11.9 Å². The molecule has 0 saturated heterocycles. The van der Waals surface area contributed by atoms with E-state index >= 15 is 0 Å². The Morgan fingerprint density at radius 2 is 2.10 bits per heavy atom. The molecule has 1 saturated carbocycles. The molecular weight excluding hydrogens is 318 g/mol. The lowest BCUT2D eigenvalue weighted by molar-refractivity contribution is -0.148. The van der Waals surface area contributed by atoms with Gasteiger partial charge in [0.25, 0.3) is 0 Å². The zero-order valence-corrected chi connectivity index (χ0v) is 13.7. The van der Waals surface area contributed by atoms with Crippen LogP contribution in [0.15, 0.2) is 28.7 Å². The lowest BCUT2D eigenvalue weighted by atomic mass is 9.94. The van der Waals surface area contributed by atoms with Gasteiger partial charge in [-0.1, -0.05) is 29.3 Å². The average molecular weight is 340 g/mol. The quantitative estimate of drug-likeness (QED) is 0.809. The predicted molar refractivity (Wildman–Crippen MR) is 84.8 cm³/mol. The number of nitrogens with one attached hydrogen (secondary N) is 1. The van der Waals surface area contributed by atoms with Crippen molar-refractivity contribution in [3.8, 4) is 0 Å². The molecule has 0 bridgehead atoms. The fraction of sp³-hybridized carbons (Fsp3) is 0.562. The Bertz CT molecular complexity index is 460. The minimum atomic E-state index is -0.551. The van der Waals surface area contributed by atoms with Crippen molar-refractivity contribution < 1.29 is 9.53 Å². The second kappa shape index (κ2) is 6.61. The molecule has 0 radical (unpaired) electrons. The number of carbonyl (C=O) groups excluding carboxylic acids is 1. The first kappa shape index (κ1) is 15.4. The maximum atomic E-state index is 12.4. The Morgan fingerprint density at radius 1 is 1.40 bits per heavy atom. The summed E-state index contributed by atoms with van der Waals surface area (Å²) in [7, 11) is 0. The fourth-order valence-electron chi connectivity index (χ4n) is 2.92. The van der Waals surface area contributed by atoms with Gasteiger partial charge >= 0.3 is 5.97 Å². The Morgan fingerprint density at radius 3 is 2.65 bits per heavy atom. The Kier molecular flexibility index (Phi) is 5.08. The summed E-state index contributed by atoms with van der Waals surface area (Å²) in [6.07, 6.45) is 3.90. The van der Waals surface area contributed by atoms with Crippen molar-refractivity contribution in [3.05, 3.63) is 28.7 Å². The van der Waals surface area contributed by atoms with E-state index in [0.29, 0.717) is 12.5 Å². The molecule has 0 amide bonds. The smallest absolute Gasteiger partial charge is 0.331 e. The summed E-state index contributed by atoms with van der Waals surface area (Å²) in [4.78, 5) is 12.4. The Balaban J connectivity index is 2.19. The van der Waals surface area contributed by atoms with Crippen LogP contribution in [0.25, 0.3) is 0 Å². The zero-order valence-electron chi connectivity index (χ0n) is 12.1. The van der Waals surface area contributed by atoms with Gasteiger partial charge in [0.15, 0.2) is 0 Å². The molecule has 0 aromatic heterocycles. The van der Waals surface area contributed by atoms with Crippen LogP contribution < -0.4 is 5.32 Å². The van der Waals surface area contributed by atoms with Gasteiger partial charge in [0.1, 0.15) is 5.54 Å². The van der Waals surface area contributed by atoms with Gasteiger partial charge in [-0.3, -0.25) is 0 Å². The Hall–Kier alpha value is -1.03. The van der Waals surface area contributed by atoms with Crippen molar-refractivity contribution in [3.63, 3.8) is 0 Å². The highest BCUT2D eigenvalue weighted by Crippen LogP contribution is 2.39. The van der Waals surface area contributed by atoms with Crippen LogP contribution in [0, 0.1) is 5.92 Å². The third-order valence-electron chi connectivity index (χ3n) is 4.09. The number of benzene rings is 1. The number of rotatable bonds is 5. The minimum Gasteiger partial charge on any atom is -0.464 e. The number of esters is 1. The minimum absolute atomic E-state index is 0.112. The summed E-state index contributed by atoms with van der Waals surface area (Å²) >= 11 is 3.43. The summed E-state index contributed by atoms with van der Waals surface area (Å²) < 4.78 is 6.34. The van der Waals surface area contributed by atoms with E-state index in [1.54, 1.807) is 0 Å². The predicted octanol–water partition coefficient (Wildman–Crippen LogP) is 4.37. The van der Waals surface area contributed by atoms with Crippen LogP contribution >= 0.6 is 15.9 Å². The number of anilines is 1. The van der Waals surface area contributed by atoms with E-state index in [0.717, 1.165) is 35.8 Å². The summed E-state index contributed by atoms with van der Waals surface area (Å²) in [5, 5.41) is 3.44. The molecule has 1 fully saturated rings. The van der Waals surface area contributed by atoms with E-state index in [9.17, 15) is 4.79 Å². The van der Waals surface area contributed by atoms with Crippen LogP contribution in [0.1, 0.15) is 39.5 Å². The lowest BCUT2D eigenvalue weighted by Gasteiger charge is -2.29. The molecule has 1 aromatic carbocycles. The van der Waals surface area contributed by atoms with E-state index in [4.69, 9.17) is 4.74 Å². The second-order valence-corrected chi connectivity index (χ2v) is 6.37. The first-order valence-corrected chi connectivity index (χ1v) is 8.10. The molecule has 1 aliphatic rings. The third kappa shape index (κ3) is 3.35. The number of hydrogen-bond acceptors (Lipinski definition) is 3. The van der Waals surface area contributed by atoms with E-state index in [1.807, 2.05) is 31.2 Å². The first-order chi connectivity index (χ1) is 9.59. The van der Waals surface area contributed by atoms with Crippen molar-refractivity contribution >= 4 is 27.6 Å². The highest BCUT2D eigenvalue weighted by Gasteiger charge is 2.46.